The lowest BCUT2D eigenvalue weighted by Gasteiger charge is -2.36. The van der Waals surface area contributed by atoms with Crippen LogP contribution in [0, 0.1) is 5.92 Å². The average molecular weight is 330 g/mol. The molecule has 1 aliphatic heterocycles. The third-order valence-corrected chi connectivity index (χ3v) is 4.97. The molecule has 0 aliphatic carbocycles. The van der Waals surface area contributed by atoms with Crippen molar-refractivity contribution in [1.82, 2.24) is 9.03 Å². The molecule has 3 atom stereocenters. The molecule has 3 N–H and O–H groups in total. The topological polar surface area (TPSA) is 84.7 Å². The Kier molecular flexibility index (Phi) is 8.54. The predicted molar refractivity (Wildman–Crippen MR) is 83.2 cm³/mol. The second-order valence-electron chi connectivity index (χ2n) is 5.75. The smallest absolute Gasteiger partial charge is 0.280 e. The van der Waals surface area contributed by atoms with Crippen LogP contribution in [0.1, 0.15) is 34.1 Å². The van der Waals surface area contributed by atoms with Gasteiger partial charge in [-0.05, 0) is 26.2 Å². The highest BCUT2D eigenvalue weighted by atomic mass is 35.5. The first-order chi connectivity index (χ1) is 8.76. The number of halogens is 1. The maximum Gasteiger partial charge on any atom is 0.280 e. The molecule has 1 rings (SSSR count). The molecular weight excluding hydrogens is 302 g/mol. The van der Waals surface area contributed by atoms with Gasteiger partial charge in [-0.15, -0.1) is 12.4 Å². The summed E-state index contributed by atoms with van der Waals surface area (Å²) >= 11 is 0. The molecule has 0 spiro atoms. The van der Waals surface area contributed by atoms with Gasteiger partial charge in [-0.3, -0.25) is 0 Å². The normalized spacial score (nSPS) is 26.3. The summed E-state index contributed by atoms with van der Waals surface area (Å²) in [6, 6.07) is -0.360. The Morgan fingerprint density at radius 3 is 2.50 bits per heavy atom. The second-order valence-corrected chi connectivity index (χ2v) is 7.40. The summed E-state index contributed by atoms with van der Waals surface area (Å²) in [5.41, 5.74) is 5.65. The van der Waals surface area contributed by atoms with Crippen LogP contribution in [0.25, 0.3) is 0 Å². The fraction of sp³-hybridized carbons (Fsp3) is 1.00. The highest BCUT2D eigenvalue weighted by Crippen LogP contribution is 2.16. The molecule has 0 aromatic rings. The van der Waals surface area contributed by atoms with Gasteiger partial charge in [-0.2, -0.15) is 17.4 Å². The van der Waals surface area contributed by atoms with E-state index in [0.717, 1.165) is 6.42 Å². The number of rotatable bonds is 6. The maximum absolute atomic E-state index is 12.4. The first-order valence-electron chi connectivity index (χ1n) is 6.87. The number of nitrogens with zero attached hydrogens (tertiary/aromatic N) is 1. The van der Waals surface area contributed by atoms with Gasteiger partial charge < -0.3 is 10.5 Å². The minimum Gasteiger partial charge on any atom is -0.375 e. The van der Waals surface area contributed by atoms with E-state index < -0.39 is 10.2 Å². The number of ether oxygens (including phenoxy) is 1. The molecule has 0 aromatic carbocycles. The molecule has 0 radical (unpaired) electrons. The zero-order valence-corrected chi connectivity index (χ0v) is 14.3. The highest BCUT2D eigenvalue weighted by molar-refractivity contribution is 7.87. The monoisotopic (exact) mass is 329 g/mol. The van der Waals surface area contributed by atoms with Gasteiger partial charge in [0.25, 0.3) is 10.2 Å². The molecular formula is C12H28ClN3O3S. The molecule has 1 heterocycles. The molecule has 122 valence electrons. The number of nitrogens with one attached hydrogen (secondary N) is 1. The van der Waals surface area contributed by atoms with Crippen molar-refractivity contribution < 1.29 is 13.2 Å². The van der Waals surface area contributed by atoms with E-state index in [0.29, 0.717) is 25.6 Å². The van der Waals surface area contributed by atoms with Gasteiger partial charge in [0.1, 0.15) is 0 Å². The molecule has 0 saturated carbocycles. The van der Waals surface area contributed by atoms with E-state index >= 15 is 0 Å². The Morgan fingerprint density at radius 2 is 2.00 bits per heavy atom. The predicted octanol–water partition coefficient (Wildman–Crippen LogP) is 0.725. The van der Waals surface area contributed by atoms with Crippen LogP contribution in [-0.4, -0.2) is 50.6 Å². The van der Waals surface area contributed by atoms with Crippen molar-refractivity contribution in [3.8, 4) is 0 Å². The fourth-order valence-corrected chi connectivity index (χ4v) is 3.94. The number of hydrogen-bond acceptors (Lipinski definition) is 4. The SMILES string of the molecule is CC(C)CC(CN)NS(=O)(=O)N1CC(C)OCC1C.Cl. The Hall–Kier alpha value is 0.0800. The quantitative estimate of drug-likeness (QED) is 0.752. The van der Waals surface area contributed by atoms with Crippen molar-refractivity contribution in [2.75, 3.05) is 19.7 Å². The molecule has 1 fully saturated rings. The van der Waals surface area contributed by atoms with Gasteiger partial charge >= 0.3 is 0 Å². The van der Waals surface area contributed by atoms with Crippen LogP contribution in [0.15, 0.2) is 0 Å². The Balaban J connectivity index is 0.00000361. The molecule has 0 bridgehead atoms. The summed E-state index contributed by atoms with van der Waals surface area (Å²) in [7, 11) is -3.50. The largest absolute Gasteiger partial charge is 0.375 e. The number of hydrogen-bond donors (Lipinski definition) is 2. The summed E-state index contributed by atoms with van der Waals surface area (Å²) in [4.78, 5) is 0. The van der Waals surface area contributed by atoms with Crippen LogP contribution in [0.5, 0.6) is 0 Å². The van der Waals surface area contributed by atoms with Crippen molar-refractivity contribution in [3.63, 3.8) is 0 Å². The van der Waals surface area contributed by atoms with Crippen LogP contribution >= 0.6 is 12.4 Å². The summed E-state index contributed by atoms with van der Waals surface area (Å²) in [5, 5.41) is 0. The Morgan fingerprint density at radius 1 is 1.40 bits per heavy atom. The molecule has 3 unspecified atom stereocenters. The molecule has 1 aliphatic rings. The lowest BCUT2D eigenvalue weighted by atomic mass is 10.1. The van der Waals surface area contributed by atoms with E-state index in [1.807, 2.05) is 13.8 Å². The summed E-state index contributed by atoms with van der Waals surface area (Å²) in [5.74, 6) is 0.400. The molecule has 1 saturated heterocycles. The molecule has 0 aromatic heterocycles. The van der Waals surface area contributed by atoms with Crippen molar-refractivity contribution in [2.24, 2.45) is 11.7 Å². The van der Waals surface area contributed by atoms with Gasteiger partial charge in [0, 0.05) is 25.2 Å². The van der Waals surface area contributed by atoms with Gasteiger partial charge in [0.15, 0.2) is 0 Å². The van der Waals surface area contributed by atoms with Crippen molar-refractivity contribution >= 4 is 22.6 Å². The number of morpholine rings is 1. The molecule has 0 amide bonds. The summed E-state index contributed by atoms with van der Waals surface area (Å²) in [6.07, 6.45) is 0.665. The lowest BCUT2D eigenvalue weighted by molar-refractivity contribution is -0.0176. The van der Waals surface area contributed by atoms with Gasteiger partial charge in [-0.1, -0.05) is 13.8 Å². The van der Waals surface area contributed by atoms with Crippen molar-refractivity contribution in [1.29, 1.82) is 0 Å². The molecule has 6 nitrogen and oxygen atoms in total. The van der Waals surface area contributed by atoms with Gasteiger partial charge in [0.05, 0.1) is 12.7 Å². The first-order valence-corrected chi connectivity index (χ1v) is 8.31. The Labute approximate surface area is 129 Å². The minimum atomic E-state index is -3.50. The zero-order valence-electron chi connectivity index (χ0n) is 12.7. The van der Waals surface area contributed by atoms with E-state index in [1.165, 1.54) is 4.31 Å². The van der Waals surface area contributed by atoms with E-state index in [2.05, 4.69) is 18.6 Å². The van der Waals surface area contributed by atoms with Crippen LogP contribution < -0.4 is 10.5 Å². The second kappa shape index (κ2) is 8.51. The highest BCUT2D eigenvalue weighted by Gasteiger charge is 2.34. The molecule has 20 heavy (non-hydrogen) atoms. The average Bonchev–Trinajstić information content (AvgIpc) is 2.30. The van der Waals surface area contributed by atoms with E-state index in [1.54, 1.807) is 0 Å². The maximum atomic E-state index is 12.4. The lowest BCUT2D eigenvalue weighted by Crippen LogP contribution is -2.56. The van der Waals surface area contributed by atoms with E-state index in [4.69, 9.17) is 10.5 Å². The van der Waals surface area contributed by atoms with Crippen molar-refractivity contribution in [2.45, 2.75) is 52.3 Å². The minimum absolute atomic E-state index is 0. The van der Waals surface area contributed by atoms with Gasteiger partial charge in [-0.25, -0.2) is 0 Å². The third kappa shape index (κ3) is 5.83. The zero-order chi connectivity index (χ0) is 14.6. The van der Waals surface area contributed by atoms with E-state index in [9.17, 15) is 8.42 Å². The summed E-state index contributed by atoms with van der Waals surface area (Å²) in [6.45, 7) is 8.96. The van der Waals surface area contributed by atoms with E-state index in [-0.39, 0.29) is 30.6 Å². The summed E-state index contributed by atoms with van der Waals surface area (Å²) < 4.78 is 34.4. The number of nitrogens with two attached hydrogens (primary N) is 1. The first kappa shape index (κ1) is 20.1. The van der Waals surface area contributed by atoms with Crippen molar-refractivity contribution in [3.05, 3.63) is 0 Å². The van der Waals surface area contributed by atoms with Crippen LogP contribution in [-0.2, 0) is 14.9 Å². The standard InChI is InChI=1S/C12H27N3O3S.ClH/c1-9(2)5-12(6-13)14-19(16,17)15-7-11(4)18-8-10(15)3;/h9-12,14H,5-8,13H2,1-4H3;1H. The van der Waals surface area contributed by atoms with Crippen LogP contribution in [0.4, 0.5) is 0 Å². The third-order valence-electron chi connectivity index (χ3n) is 3.22. The van der Waals surface area contributed by atoms with Crippen LogP contribution in [0.3, 0.4) is 0 Å². The van der Waals surface area contributed by atoms with Crippen LogP contribution in [0.2, 0.25) is 0 Å². The van der Waals surface area contributed by atoms with Gasteiger partial charge in [0.2, 0.25) is 0 Å². The Bertz CT molecular complexity index is 378. The fourth-order valence-electron chi connectivity index (χ4n) is 2.25. The molecule has 8 heteroatoms.